The van der Waals surface area contributed by atoms with Gasteiger partial charge in [-0.05, 0) is 43.2 Å². The van der Waals surface area contributed by atoms with E-state index in [0.29, 0.717) is 12.5 Å². The third-order valence-electron chi connectivity index (χ3n) is 4.91. The molecule has 96 valence electrons. The second kappa shape index (κ2) is 4.51. The van der Waals surface area contributed by atoms with Crippen LogP contribution in [0.1, 0.15) is 60.4 Å². The number of hydrogen-bond donors (Lipinski definition) is 1. The van der Waals surface area contributed by atoms with E-state index in [-0.39, 0.29) is 11.2 Å². The van der Waals surface area contributed by atoms with Gasteiger partial charge in [-0.25, -0.2) is 0 Å². The van der Waals surface area contributed by atoms with Gasteiger partial charge in [0.25, 0.3) is 0 Å². The first-order valence-corrected chi connectivity index (χ1v) is 7.10. The van der Waals surface area contributed by atoms with E-state index in [2.05, 4.69) is 12.1 Å². The van der Waals surface area contributed by atoms with Crippen molar-refractivity contribution in [2.45, 2.75) is 44.4 Å². The highest BCUT2D eigenvalue weighted by molar-refractivity contribution is 6.01. The molecule has 1 aromatic carbocycles. The summed E-state index contributed by atoms with van der Waals surface area (Å²) in [4.78, 5) is 12.6. The summed E-state index contributed by atoms with van der Waals surface area (Å²) in [5.74, 6) is 0.963. The van der Waals surface area contributed by atoms with Gasteiger partial charge < -0.3 is 5.73 Å². The van der Waals surface area contributed by atoms with Crippen molar-refractivity contribution < 1.29 is 4.79 Å². The molecule has 0 saturated heterocycles. The second-order valence-electron chi connectivity index (χ2n) is 5.92. The second-order valence-corrected chi connectivity index (χ2v) is 5.92. The lowest BCUT2D eigenvalue weighted by atomic mass is 9.64. The molecular formula is C16H21NO. The van der Waals surface area contributed by atoms with E-state index in [0.717, 1.165) is 24.8 Å². The highest BCUT2D eigenvalue weighted by Crippen LogP contribution is 2.43. The van der Waals surface area contributed by atoms with Gasteiger partial charge in [0.1, 0.15) is 0 Å². The van der Waals surface area contributed by atoms with E-state index >= 15 is 0 Å². The standard InChI is InChI=1S/C16H21NO/c17-11-16(8-3-9-16)15(18)14-7-2-6-13(10-14)12-4-1-5-12/h2,6-7,10,12H,1,3-5,8-9,11,17H2. The van der Waals surface area contributed by atoms with Crippen molar-refractivity contribution >= 4 is 5.78 Å². The van der Waals surface area contributed by atoms with E-state index in [1.165, 1.54) is 24.8 Å². The number of carbonyl (C=O) groups excluding carboxylic acids is 1. The van der Waals surface area contributed by atoms with Gasteiger partial charge in [0.2, 0.25) is 0 Å². The Morgan fingerprint density at radius 1 is 1.28 bits per heavy atom. The fraction of sp³-hybridized carbons (Fsp3) is 0.562. The third kappa shape index (κ3) is 1.79. The molecule has 2 N–H and O–H groups in total. The maximum Gasteiger partial charge on any atom is 0.170 e. The first-order valence-electron chi connectivity index (χ1n) is 7.10. The maximum absolute atomic E-state index is 12.6. The summed E-state index contributed by atoms with van der Waals surface area (Å²) in [5.41, 5.74) is 7.81. The molecule has 0 spiro atoms. The maximum atomic E-state index is 12.6. The largest absolute Gasteiger partial charge is 0.329 e. The zero-order chi connectivity index (χ0) is 12.6. The molecule has 18 heavy (non-hydrogen) atoms. The molecule has 2 fully saturated rings. The summed E-state index contributed by atoms with van der Waals surface area (Å²) in [6.45, 7) is 0.499. The van der Waals surface area contributed by atoms with E-state index < -0.39 is 0 Å². The predicted molar refractivity (Wildman–Crippen MR) is 72.7 cm³/mol. The highest BCUT2D eigenvalue weighted by atomic mass is 16.1. The molecule has 0 radical (unpaired) electrons. The summed E-state index contributed by atoms with van der Waals surface area (Å²) in [7, 11) is 0. The molecule has 0 unspecified atom stereocenters. The summed E-state index contributed by atoms with van der Waals surface area (Å²) < 4.78 is 0. The first kappa shape index (κ1) is 11.9. The monoisotopic (exact) mass is 243 g/mol. The molecular weight excluding hydrogens is 222 g/mol. The van der Waals surface area contributed by atoms with Crippen LogP contribution in [-0.4, -0.2) is 12.3 Å². The average molecular weight is 243 g/mol. The summed E-state index contributed by atoms with van der Waals surface area (Å²) >= 11 is 0. The molecule has 2 saturated carbocycles. The first-order chi connectivity index (χ1) is 8.75. The molecule has 0 bridgehead atoms. The van der Waals surface area contributed by atoms with Gasteiger partial charge in [0.05, 0.1) is 0 Å². The van der Waals surface area contributed by atoms with Crippen molar-refractivity contribution in [1.82, 2.24) is 0 Å². The van der Waals surface area contributed by atoms with Crippen LogP contribution < -0.4 is 5.73 Å². The molecule has 2 aliphatic carbocycles. The van der Waals surface area contributed by atoms with Gasteiger partial charge in [0.15, 0.2) is 5.78 Å². The van der Waals surface area contributed by atoms with Crippen LogP contribution >= 0.6 is 0 Å². The average Bonchev–Trinajstić information content (AvgIpc) is 2.26. The number of rotatable bonds is 4. The normalized spacial score (nSPS) is 22.1. The smallest absolute Gasteiger partial charge is 0.170 e. The number of carbonyl (C=O) groups is 1. The van der Waals surface area contributed by atoms with Crippen molar-refractivity contribution in [1.29, 1.82) is 0 Å². The van der Waals surface area contributed by atoms with E-state index in [1.807, 2.05) is 12.1 Å². The van der Waals surface area contributed by atoms with Crippen molar-refractivity contribution in [3.8, 4) is 0 Å². The highest BCUT2D eigenvalue weighted by Gasteiger charge is 2.43. The van der Waals surface area contributed by atoms with Crippen molar-refractivity contribution in [3.05, 3.63) is 35.4 Å². The molecule has 0 heterocycles. The Labute approximate surface area is 109 Å². The Morgan fingerprint density at radius 2 is 2.06 bits per heavy atom. The fourth-order valence-corrected chi connectivity index (χ4v) is 3.11. The van der Waals surface area contributed by atoms with Crippen LogP contribution in [0.3, 0.4) is 0 Å². The van der Waals surface area contributed by atoms with Gasteiger partial charge in [-0.3, -0.25) is 4.79 Å². The SMILES string of the molecule is NCC1(C(=O)c2cccc(C3CCC3)c2)CCC1. The lowest BCUT2D eigenvalue weighted by molar-refractivity contribution is 0.0636. The quantitative estimate of drug-likeness (QED) is 0.825. The number of nitrogens with two attached hydrogens (primary N) is 1. The number of Topliss-reactive ketones (excluding diaryl/α,β-unsaturated/α-hetero) is 1. The predicted octanol–water partition coefficient (Wildman–Crippen LogP) is 3.27. The molecule has 0 amide bonds. The molecule has 2 heteroatoms. The number of hydrogen-bond acceptors (Lipinski definition) is 2. The Hall–Kier alpha value is -1.15. The van der Waals surface area contributed by atoms with Crippen molar-refractivity contribution in [2.24, 2.45) is 11.1 Å². The van der Waals surface area contributed by atoms with Crippen LogP contribution in [0.4, 0.5) is 0 Å². The Balaban J connectivity index is 1.85. The number of ketones is 1. The molecule has 0 aliphatic heterocycles. The minimum Gasteiger partial charge on any atom is -0.329 e. The van der Waals surface area contributed by atoms with Crippen LogP contribution in [0.5, 0.6) is 0 Å². The Morgan fingerprint density at radius 3 is 2.56 bits per heavy atom. The molecule has 1 aromatic rings. The third-order valence-corrected chi connectivity index (χ3v) is 4.91. The summed E-state index contributed by atoms with van der Waals surface area (Å²) in [6.07, 6.45) is 6.96. The lowest BCUT2D eigenvalue weighted by Gasteiger charge is -2.39. The molecule has 3 rings (SSSR count). The molecule has 0 aromatic heterocycles. The minimum absolute atomic E-state index is 0.238. The van der Waals surface area contributed by atoms with Gasteiger partial charge in [-0.1, -0.05) is 31.0 Å². The molecule has 2 nitrogen and oxygen atoms in total. The summed E-state index contributed by atoms with van der Waals surface area (Å²) in [5, 5.41) is 0. The van der Waals surface area contributed by atoms with Crippen molar-refractivity contribution in [2.75, 3.05) is 6.54 Å². The Bertz CT molecular complexity index is 452. The van der Waals surface area contributed by atoms with Crippen LogP contribution in [0.15, 0.2) is 24.3 Å². The number of benzene rings is 1. The molecule has 0 atom stereocenters. The van der Waals surface area contributed by atoms with Gasteiger partial charge in [-0.2, -0.15) is 0 Å². The lowest BCUT2D eigenvalue weighted by Crippen LogP contribution is -2.44. The van der Waals surface area contributed by atoms with Gasteiger partial charge in [0, 0.05) is 17.5 Å². The molecule has 2 aliphatic rings. The Kier molecular flexibility index (Phi) is 2.98. The topological polar surface area (TPSA) is 43.1 Å². The zero-order valence-corrected chi connectivity index (χ0v) is 10.8. The van der Waals surface area contributed by atoms with Crippen LogP contribution in [0, 0.1) is 5.41 Å². The van der Waals surface area contributed by atoms with E-state index in [4.69, 9.17) is 5.73 Å². The van der Waals surface area contributed by atoms with Gasteiger partial charge >= 0.3 is 0 Å². The fourth-order valence-electron chi connectivity index (χ4n) is 3.11. The minimum atomic E-state index is -0.238. The summed E-state index contributed by atoms with van der Waals surface area (Å²) in [6, 6.07) is 8.27. The van der Waals surface area contributed by atoms with E-state index in [1.54, 1.807) is 0 Å². The van der Waals surface area contributed by atoms with E-state index in [9.17, 15) is 4.79 Å². The van der Waals surface area contributed by atoms with Crippen molar-refractivity contribution in [3.63, 3.8) is 0 Å². The van der Waals surface area contributed by atoms with Crippen LogP contribution in [0.2, 0.25) is 0 Å². The zero-order valence-electron chi connectivity index (χ0n) is 10.8. The van der Waals surface area contributed by atoms with Gasteiger partial charge in [-0.15, -0.1) is 0 Å². The van der Waals surface area contributed by atoms with Crippen LogP contribution in [0.25, 0.3) is 0 Å². The van der Waals surface area contributed by atoms with Crippen LogP contribution in [-0.2, 0) is 0 Å².